The number of fused-ring (bicyclic) bond motifs is 1. The maximum Gasteiger partial charge on any atom is 0.115 e. The molecule has 0 aromatic heterocycles. The smallest absolute Gasteiger partial charge is 0.115 e. The molecule has 1 heterocycles. The van der Waals surface area contributed by atoms with Gasteiger partial charge in [0.2, 0.25) is 0 Å². The van der Waals surface area contributed by atoms with Gasteiger partial charge in [-0.15, -0.1) is 0 Å². The Hall–Kier alpha value is -0.890. The number of hydrogen-bond donors (Lipinski definition) is 0. The first-order valence-corrected chi connectivity index (χ1v) is 6.36. The molecular formula is C15H22FN. The minimum atomic E-state index is -0.366. The summed E-state index contributed by atoms with van der Waals surface area (Å²) < 4.78 is 12.7. The fourth-order valence-electron chi connectivity index (χ4n) is 2.75. The second-order valence-corrected chi connectivity index (χ2v) is 6.01. The van der Waals surface area contributed by atoms with Crippen molar-refractivity contribution >= 4 is 0 Å². The van der Waals surface area contributed by atoms with Gasteiger partial charge in [-0.2, -0.15) is 0 Å². The van der Waals surface area contributed by atoms with Crippen LogP contribution in [0.2, 0.25) is 0 Å². The van der Waals surface area contributed by atoms with Crippen LogP contribution in [0.4, 0.5) is 4.39 Å². The highest BCUT2D eigenvalue weighted by molar-refractivity contribution is 5.39. The summed E-state index contributed by atoms with van der Waals surface area (Å²) in [4.78, 5) is 2.46. The third-order valence-electron chi connectivity index (χ3n) is 3.76. The molecule has 1 aliphatic heterocycles. The molecule has 1 aliphatic rings. The van der Waals surface area contributed by atoms with Crippen LogP contribution in [0.1, 0.15) is 44.4 Å². The number of halogens is 1. The van der Waals surface area contributed by atoms with Gasteiger partial charge >= 0.3 is 0 Å². The predicted octanol–water partition coefficient (Wildman–Crippen LogP) is 3.66. The third-order valence-corrected chi connectivity index (χ3v) is 3.76. The molecule has 2 heteroatoms. The van der Waals surface area contributed by atoms with Crippen molar-refractivity contribution in [1.82, 2.24) is 4.90 Å². The van der Waals surface area contributed by atoms with E-state index < -0.39 is 0 Å². The molecule has 0 amide bonds. The van der Waals surface area contributed by atoms with Gasteiger partial charge in [-0.05, 0) is 30.5 Å². The third kappa shape index (κ3) is 2.37. The minimum Gasteiger partial charge on any atom is -0.296 e. The standard InChI is InChI=1S/C15H22FN/c1-11(2)17-9-13-7-12(8-16)5-6-14(13)15(3,4)10-17/h5-7,11H,8-10H2,1-4H3. The van der Waals surface area contributed by atoms with Crippen LogP contribution in [-0.2, 0) is 18.6 Å². The summed E-state index contributed by atoms with van der Waals surface area (Å²) in [6.45, 7) is 10.7. The molecule has 0 N–H and O–H groups in total. The molecule has 0 unspecified atom stereocenters. The number of nitrogens with zero attached hydrogens (tertiary/aromatic N) is 1. The average molecular weight is 235 g/mol. The van der Waals surface area contributed by atoms with Crippen molar-refractivity contribution in [2.24, 2.45) is 0 Å². The van der Waals surface area contributed by atoms with E-state index >= 15 is 0 Å². The van der Waals surface area contributed by atoms with Gasteiger partial charge < -0.3 is 0 Å². The van der Waals surface area contributed by atoms with Gasteiger partial charge in [0, 0.05) is 24.5 Å². The fourth-order valence-corrected chi connectivity index (χ4v) is 2.75. The van der Waals surface area contributed by atoms with Crippen LogP contribution in [0, 0.1) is 0 Å². The van der Waals surface area contributed by atoms with Gasteiger partial charge in [-0.1, -0.05) is 32.0 Å². The molecule has 94 valence electrons. The summed E-state index contributed by atoms with van der Waals surface area (Å²) in [7, 11) is 0. The molecule has 1 nitrogen and oxygen atoms in total. The average Bonchev–Trinajstić information content (AvgIpc) is 2.27. The van der Waals surface area contributed by atoms with E-state index in [-0.39, 0.29) is 12.1 Å². The van der Waals surface area contributed by atoms with Crippen LogP contribution in [0.15, 0.2) is 18.2 Å². The second kappa shape index (κ2) is 4.41. The van der Waals surface area contributed by atoms with E-state index in [9.17, 15) is 4.39 Å². The van der Waals surface area contributed by atoms with Gasteiger partial charge in [0.1, 0.15) is 6.67 Å². The Balaban J connectivity index is 2.41. The summed E-state index contributed by atoms with van der Waals surface area (Å²) in [5, 5.41) is 0. The maximum absolute atomic E-state index is 12.7. The number of alkyl halides is 1. The van der Waals surface area contributed by atoms with Gasteiger partial charge in [-0.25, -0.2) is 4.39 Å². The first-order valence-electron chi connectivity index (χ1n) is 6.36. The number of hydrogen-bond acceptors (Lipinski definition) is 1. The lowest BCUT2D eigenvalue weighted by Crippen LogP contribution is -2.45. The van der Waals surface area contributed by atoms with Crippen LogP contribution >= 0.6 is 0 Å². The topological polar surface area (TPSA) is 3.24 Å². The Morgan fingerprint density at radius 3 is 2.65 bits per heavy atom. The van der Waals surface area contributed by atoms with Crippen molar-refractivity contribution < 1.29 is 4.39 Å². The monoisotopic (exact) mass is 235 g/mol. The lowest BCUT2D eigenvalue weighted by molar-refractivity contribution is 0.154. The Morgan fingerprint density at radius 2 is 2.06 bits per heavy atom. The van der Waals surface area contributed by atoms with Gasteiger partial charge in [0.25, 0.3) is 0 Å². The van der Waals surface area contributed by atoms with Crippen molar-refractivity contribution in [2.75, 3.05) is 6.54 Å². The fraction of sp³-hybridized carbons (Fsp3) is 0.600. The quantitative estimate of drug-likeness (QED) is 0.756. The van der Waals surface area contributed by atoms with E-state index in [1.54, 1.807) is 0 Å². The molecule has 1 aromatic carbocycles. The zero-order valence-corrected chi connectivity index (χ0v) is 11.3. The first kappa shape index (κ1) is 12.6. The Labute approximate surface area is 104 Å². The largest absolute Gasteiger partial charge is 0.296 e. The Kier molecular flexibility index (Phi) is 3.26. The molecule has 0 fully saturated rings. The molecule has 0 atom stereocenters. The van der Waals surface area contributed by atoms with E-state index in [1.807, 2.05) is 12.1 Å². The number of rotatable bonds is 2. The maximum atomic E-state index is 12.7. The predicted molar refractivity (Wildman–Crippen MR) is 69.8 cm³/mol. The van der Waals surface area contributed by atoms with Crippen molar-refractivity contribution in [3.05, 3.63) is 34.9 Å². The molecule has 2 rings (SSSR count). The van der Waals surface area contributed by atoms with Crippen LogP contribution in [0.5, 0.6) is 0 Å². The summed E-state index contributed by atoms with van der Waals surface area (Å²) in [6.07, 6.45) is 0. The highest BCUT2D eigenvalue weighted by Crippen LogP contribution is 2.34. The molecule has 1 aromatic rings. The first-order chi connectivity index (χ1) is 7.94. The Bertz CT molecular complexity index is 409. The molecular weight excluding hydrogens is 213 g/mol. The van der Waals surface area contributed by atoms with Crippen molar-refractivity contribution in [2.45, 2.75) is 52.4 Å². The normalized spacial score (nSPS) is 19.4. The van der Waals surface area contributed by atoms with E-state index in [0.717, 1.165) is 18.7 Å². The van der Waals surface area contributed by atoms with E-state index in [0.29, 0.717) is 6.04 Å². The lowest BCUT2D eigenvalue weighted by Gasteiger charge is -2.42. The second-order valence-electron chi connectivity index (χ2n) is 6.01. The van der Waals surface area contributed by atoms with Crippen LogP contribution in [-0.4, -0.2) is 17.5 Å². The SMILES string of the molecule is CC(C)N1Cc2cc(CF)ccc2C(C)(C)C1. The highest BCUT2D eigenvalue weighted by atomic mass is 19.1. The van der Waals surface area contributed by atoms with E-state index in [2.05, 4.69) is 38.7 Å². The zero-order chi connectivity index (χ0) is 12.6. The zero-order valence-electron chi connectivity index (χ0n) is 11.3. The highest BCUT2D eigenvalue weighted by Gasteiger charge is 2.32. The summed E-state index contributed by atoms with van der Waals surface area (Å²) in [6, 6.07) is 6.61. The lowest BCUT2D eigenvalue weighted by atomic mass is 9.77. The van der Waals surface area contributed by atoms with Gasteiger partial charge in [0.15, 0.2) is 0 Å². The molecule has 17 heavy (non-hydrogen) atoms. The van der Waals surface area contributed by atoms with Crippen LogP contribution < -0.4 is 0 Å². The van der Waals surface area contributed by atoms with Gasteiger partial charge in [0.05, 0.1) is 0 Å². The van der Waals surface area contributed by atoms with Crippen molar-refractivity contribution in [1.29, 1.82) is 0 Å². The summed E-state index contributed by atoms with van der Waals surface area (Å²) in [5.74, 6) is 0. The molecule has 0 aliphatic carbocycles. The van der Waals surface area contributed by atoms with Crippen LogP contribution in [0.25, 0.3) is 0 Å². The molecule has 0 radical (unpaired) electrons. The number of benzene rings is 1. The van der Waals surface area contributed by atoms with Crippen LogP contribution in [0.3, 0.4) is 0 Å². The van der Waals surface area contributed by atoms with E-state index in [4.69, 9.17) is 0 Å². The molecule has 0 saturated carbocycles. The molecule has 0 bridgehead atoms. The van der Waals surface area contributed by atoms with E-state index in [1.165, 1.54) is 11.1 Å². The summed E-state index contributed by atoms with van der Waals surface area (Å²) in [5.41, 5.74) is 3.63. The van der Waals surface area contributed by atoms with Crippen molar-refractivity contribution in [3.8, 4) is 0 Å². The summed E-state index contributed by atoms with van der Waals surface area (Å²) >= 11 is 0. The van der Waals surface area contributed by atoms with Crippen molar-refractivity contribution in [3.63, 3.8) is 0 Å². The molecule has 0 saturated heterocycles. The minimum absolute atomic E-state index is 0.159. The molecule has 0 spiro atoms. The van der Waals surface area contributed by atoms with Gasteiger partial charge in [-0.3, -0.25) is 4.90 Å². The Morgan fingerprint density at radius 1 is 1.35 bits per heavy atom.